The van der Waals surface area contributed by atoms with Crippen molar-refractivity contribution < 1.29 is 29.0 Å². The largest absolute Gasteiger partial charge is 0.478 e. The number of rotatable bonds is 7. The first kappa shape index (κ1) is 25.7. The summed E-state index contributed by atoms with van der Waals surface area (Å²) in [5, 5.41) is 14.3. The van der Waals surface area contributed by atoms with Crippen molar-refractivity contribution in [2.45, 2.75) is 19.3 Å². The molecule has 0 aromatic heterocycles. The molecule has 0 aliphatic carbocycles. The van der Waals surface area contributed by atoms with E-state index >= 15 is 0 Å². The van der Waals surface area contributed by atoms with Gasteiger partial charge in [0.2, 0.25) is 11.8 Å². The number of nitrogens with zero attached hydrogens (tertiary/aromatic N) is 2. The zero-order valence-corrected chi connectivity index (χ0v) is 20.6. The van der Waals surface area contributed by atoms with Crippen LogP contribution in [0.4, 0.5) is 10.5 Å². The maximum absolute atomic E-state index is 13.6. The molecule has 9 heteroatoms. The quantitative estimate of drug-likeness (QED) is 0.504. The number of hydrogen-bond donors (Lipinski definition) is 2. The van der Waals surface area contributed by atoms with Crippen molar-refractivity contribution in [3.8, 4) is 0 Å². The Bertz CT molecular complexity index is 1320. The number of carboxylic acids is 1. The average Bonchev–Trinajstić information content (AvgIpc) is 2.91. The van der Waals surface area contributed by atoms with Gasteiger partial charge in [0.1, 0.15) is 0 Å². The van der Waals surface area contributed by atoms with Crippen LogP contribution in [0, 0.1) is 0 Å². The lowest BCUT2D eigenvalue weighted by molar-refractivity contribution is -0.136. The third kappa shape index (κ3) is 6.24. The number of ether oxygens (including phenoxy) is 1. The molecule has 0 bridgehead atoms. The van der Waals surface area contributed by atoms with Gasteiger partial charge in [0, 0.05) is 38.3 Å². The van der Waals surface area contributed by atoms with Gasteiger partial charge in [-0.3, -0.25) is 9.59 Å². The van der Waals surface area contributed by atoms with E-state index in [0.717, 1.165) is 10.8 Å². The topological polar surface area (TPSA) is 116 Å². The van der Waals surface area contributed by atoms with Gasteiger partial charge in [0.15, 0.2) is 0 Å². The zero-order chi connectivity index (χ0) is 26.4. The Kier molecular flexibility index (Phi) is 8.02. The molecular formula is C28H29N3O6. The van der Waals surface area contributed by atoms with Gasteiger partial charge in [0.25, 0.3) is 0 Å². The molecule has 4 rings (SSSR count). The van der Waals surface area contributed by atoms with Crippen molar-refractivity contribution in [1.82, 2.24) is 9.80 Å². The van der Waals surface area contributed by atoms with Crippen molar-refractivity contribution in [2.75, 3.05) is 38.1 Å². The summed E-state index contributed by atoms with van der Waals surface area (Å²) in [5.74, 6) is -2.65. The van der Waals surface area contributed by atoms with Crippen molar-refractivity contribution in [1.29, 1.82) is 0 Å². The van der Waals surface area contributed by atoms with Gasteiger partial charge >= 0.3 is 12.1 Å². The summed E-state index contributed by atoms with van der Waals surface area (Å²) >= 11 is 0. The molecule has 1 aliphatic heterocycles. The minimum Gasteiger partial charge on any atom is -0.478 e. The number of carboxylic acid groups (broad SMARTS) is 1. The van der Waals surface area contributed by atoms with Gasteiger partial charge in [-0.2, -0.15) is 0 Å². The Morgan fingerprint density at radius 2 is 1.59 bits per heavy atom. The molecule has 0 radical (unpaired) electrons. The summed E-state index contributed by atoms with van der Waals surface area (Å²) in [6, 6.07) is 19.5. The van der Waals surface area contributed by atoms with Gasteiger partial charge in [0.05, 0.1) is 18.1 Å². The van der Waals surface area contributed by atoms with E-state index in [2.05, 4.69) is 5.32 Å². The number of fused-ring (bicyclic) bond motifs is 1. The fourth-order valence-corrected chi connectivity index (χ4v) is 4.45. The van der Waals surface area contributed by atoms with E-state index in [-0.39, 0.29) is 30.4 Å². The van der Waals surface area contributed by atoms with Crippen LogP contribution in [-0.4, -0.2) is 71.6 Å². The highest BCUT2D eigenvalue weighted by atomic mass is 16.6. The number of aromatic carboxylic acids is 1. The van der Waals surface area contributed by atoms with Crippen molar-refractivity contribution >= 4 is 40.3 Å². The summed E-state index contributed by atoms with van der Waals surface area (Å²) in [6.07, 6.45) is -0.581. The third-order valence-electron chi connectivity index (χ3n) is 6.37. The molecule has 3 amide bonds. The summed E-state index contributed by atoms with van der Waals surface area (Å²) in [5.41, 5.74) is 1.10. The second kappa shape index (κ2) is 11.6. The molecule has 1 atom stereocenters. The maximum atomic E-state index is 13.6. The van der Waals surface area contributed by atoms with E-state index in [1.54, 1.807) is 34.9 Å². The van der Waals surface area contributed by atoms with E-state index in [4.69, 9.17) is 4.74 Å². The molecule has 9 nitrogen and oxygen atoms in total. The van der Waals surface area contributed by atoms with Gasteiger partial charge in [-0.05, 0) is 47.5 Å². The Balaban J connectivity index is 1.52. The highest BCUT2D eigenvalue weighted by Crippen LogP contribution is 2.26. The number of hydrogen-bond acceptors (Lipinski definition) is 5. The highest BCUT2D eigenvalue weighted by molar-refractivity contribution is 5.98. The second-order valence-electron chi connectivity index (χ2n) is 8.81. The molecular weight excluding hydrogens is 474 g/mol. The van der Waals surface area contributed by atoms with Crippen LogP contribution in [0.1, 0.15) is 35.2 Å². The number of anilines is 1. The first-order valence-electron chi connectivity index (χ1n) is 12.2. The Morgan fingerprint density at radius 3 is 2.30 bits per heavy atom. The molecule has 2 N–H and O–H groups in total. The summed E-state index contributed by atoms with van der Waals surface area (Å²) < 4.78 is 5.04. The molecule has 0 spiro atoms. The second-order valence-corrected chi connectivity index (χ2v) is 8.81. The minimum atomic E-state index is -1.11. The SMILES string of the molecule is CCOC(=O)N1CCN(C(=O)C(CC(=O)Nc2ccc3ccccc3c2)c2cccc(C(=O)O)c2)CC1. The number of carbonyl (C=O) groups is 4. The first-order chi connectivity index (χ1) is 17.9. The van der Waals surface area contributed by atoms with E-state index in [0.29, 0.717) is 37.4 Å². The maximum Gasteiger partial charge on any atom is 0.409 e. The third-order valence-corrected chi connectivity index (χ3v) is 6.37. The van der Waals surface area contributed by atoms with Crippen LogP contribution >= 0.6 is 0 Å². The van der Waals surface area contributed by atoms with Crippen LogP contribution in [0.2, 0.25) is 0 Å². The lowest BCUT2D eigenvalue weighted by Crippen LogP contribution is -2.52. The van der Waals surface area contributed by atoms with Crippen molar-refractivity contribution in [3.63, 3.8) is 0 Å². The normalized spacial score (nSPS) is 14.2. The molecule has 3 aromatic rings. The van der Waals surface area contributed by atoms with E-state index < -0.39 is 18.0 Å². The molecule has 37 heavy (non-hydrogen) atoms. The molecule has 3 aromatic carbocycles. The molecule has 1 fully saturated rings. The summed E-state index contributed by atoms with van der Waals surface area (Å²) in [7, 11) is 0. The smallest absolute Gasteiger partial charge is 0.409 e. The van der Waals surface area contributed by atoms with Gasteiger partial charge in [-0.1, -0.05) is 42.5 Å². The van der Waals surface area contributed by atoms with E-state index in [1.807, 2.05) is 36.4 Å². The Labute approximate surface area is 214 Å². The predicted molar refractivity (Wildman–Crippen MR) is 139 cm³/mol. The number of amides is 3. The highest BCUT2D eigenvalue weighted by Gasteiger charge is 2.32. The van der Waals surface area contributed by atoms with Gasteiger partial charge < -0.3 is 25.0 Å². The molecule has 1 heterocycles. The lowest BCUT2D eigenvalue weighted by Gasteiger charge is -2.36. The zero-order valence-electron chi connectivity index (χ0n) is 20.6. The van der Waals surface area contributed by atoms with E-state index in [1.165, 1.54) is 12.1 Å². The molecule has 0 saturated carbocycles. The monoisotopic (exact) mass is 503 g/mol. The van der Waals surface area contributed by atoms with E-state index in [9.17, 15) is 24.3 Å². The van der Waals surface area contributed by atoms with Crippen LogP contribution in [0.5, 0.6) is 0 Å². The van der Waals surface area contributed by atoms with Crippen LogP contribution in [0.25, 0.3) is 10.8 Å². The van der Waals surface area contributed by atoms with Crippen LogP contribution < -0.4 is 5.32 Å². The van der Waals surface area contributed by atoms with Gasteiger partial charge in [-0.15, -0.1) is 0 Å². The molecule has 1 saturated heterocycles. The Morgan fingerprint density at radius 1 is 0.892 bits per heavy atom. The fraction of sp³-hybridized carbons (Fsp3) is 0.286. The standard InChI is InChI=1S/C28H29N3O6/c1-2-37-28(36)31-14-12-30(13-15-31)26(33)24(21-8-5-9-22(16-21)27(34)35)18-25(32)29-23-11-10-19-6-3-4-7-20(19)17-23/h3-11,16-17,24H,2,12-15,18H2,1H3,(H,29,32)(H,34,35). The summed E-state index contributed by atoms with van der Waals surface area (Å²) in [6.45, 7) is 3.21. The number of carbonyl (C=O) groups excluding carboxylic acids is 3. The van der Waals surface area contributed by atoms with Crippen LogP contribution in [-0.2, 0) is 14.3 Å². The minimum absolute atomic E-state index is 0.0392. The molecule has 1 unspecified atom stereocenters. The number of benzene rings is 3. The first-order valence-corrected chi connectivity index (χ1v) is 12.2. The number of nitrogens with one attached hydrogen (secondary N) is 1. The fourth-order valence-electron chi connectivity index (χ4n) is 4.45. The molecule has 192 valence electrons. The molecule has 1 aliphatic rings. The number of piperazine rings is 1. The average molecular weight is 504 g/mol. The summed E-state index contributed by atoms with van der Waals surface area (Å²) in [4.78, 5) is 53.4. The lowest BCUT2D eigenvalue weighted by atomic mass is 9.92. The van der Waals surface area contributed by atoms with Crippen LogP contribution in [0.3, 0.4) is 0 Å². The predicted octanol–water partition coefficient (Wildman–Crippen LogP) is 3.95. The Hall–Kier alpha value is -4.40. The van der Waals surface area contributed by atoms with Crippen LogP contribution in [0.15, 0.2) is 66.7 Å². The van der Waals surface area contributed by atoms with Crippen molar-refractivity contribution in [3.05, 3.63) is 77.9 Å². The van der Waals surface area contributed by atoms with Gasteiger partial charge in [-0.25, -0.2) is 9.59 Å². The van der Waals surface area contributed by atoms with Crippen molar-refractivity contribution in [2.24, 2.45) is 0 Å².